The molecule has 0 aromatic heterocycles. The molecular formula is C53H47N. The molecular weight excluding hydrogens is 651 g/mol. The van der Waals surface area contributed by atoms with Crippen molar-refractivity contribution < 1.29 is 0 Å². The maximum Gasteiger partial charge on any atom is 0.0540 e. The summed E-state index contributed by atoms with van der Waals surface area (Å²) in [5, 5.41) is 2.49. The Morgan fingerprint density at radius 3 is 1.65 bits per heavy atom. The second-order valence-corrected chi connectivity index (χ2v) is 17.6. The molecule has 4 fully saturated rings. The summed E-state index contributed by atoms with van der Waals surface area (Å²) in [6, 6.07) is 59.4. The molecule has 0 aliphatic heterocycles. The summed E-state index contributed by atoms with van der Waals surface area (Å²) in [5.41, 5.74) is 16.1. The molecule has 0 spiro atoms. The van der Waals surface area contributed by atoms with Crippen molar-refractivity contribution in [2.75, 3.05) is 4.90 Å². The number of anilines is 3. The zero-order chi connectivity index (χ0) is 36.0. The maximum absolute atomic E-state index is 2.47. The monoisotopic (exact) mass is 697 g/mol. The van der Waals surface area contributed by atoms with E-state index in [1.165, 1.54) is 105 Å². The first kappa shape index (κ1) is 32.1. The van der Waals surface area contributed by atoms with Gasteiger partial charge in [-0.1, -0.05) is 141 Å². The van der Waals surface area contributed by atoms with Crippen LogP contribution in [0.2, 0.25) is 0 Å². The summed E-state index contributed by atoms with van der Waals surface area (Å²) in [4.78, 5) is 2.45. The molecule has 4 bridgehead atoms. The Balaban J connectivity index is 0.908. The molecule has 0 N–H and O–H groups in total. The molecule has 1 nitrogen and oxygen atoms in total. The van der Waals surface area contributed by atoms with Crippen LogP contribution in [0.1, 0.15) is 69.1 Å². The number of benzene rings is 7. The van der Waals surface area contributed by atoms with Gasteiger partial charge in [0, 0.05) is 22.2 Å². The van der Waals surface area contributed by atoms with E-state index in [1.54, 1.807) is 5.56 Å². The van der Waals surface area contributed by atoms with Crippen molar-refractivity contribution in [3.63, 3.8) is 0 Å². The smallest absolute Gasteiger partial charge is 0.0540 e. The third-order valence-electron chi connectivity index (χ3n) is 14.0. The van der Waals surface area contributed by atoms with Gasteiger partial charge in [-0.25, -0.2) is 0 Å². The fourth-order valence-corrected chi connectivity index (χ4v) is 11.8. The van der Waals surface area contributed by atoms with Gasteiger partial charge in [-0.05, 0) is 147 Å². The van der Waals surface area contributed by atoms with Crippen LogP contribution in [0.5, 0.6) is 0 Å². The molecule has 7 aromatic rings. The number of hydrogen-bond acceptors (Lipinski definition) is 1. The minimum absolute atomic E-state index is 0.0706. The van der Waals surface area contributed by atoms with Crippen LogP contribution in [-0.2, 0) is 10.8 Å². The zero-order valence-corrected chi connectivity index (χ0v) is 31.4. The average Bonchev–Trinajstić information content (AvgIpc) is 3.43. The van der Waals surface area contributed by atoms with Crippen LogP contribution >= 0.6 is 0 Å². The van der Waals surface area contributed by atoms with E-state index in [9.17, 15) is 0 Å². The molecule has 0 saturated heterocycles. The lowest BCUT2D eigenvalue weighted by atomic mass is 9.48. The van der Waals surface area contributed by atoms with Crippen LogP contribution in [0.3, 0.4) is 0 Å². The standard InChI is InChI=1S/C53H47N/c1-52(2)49-12-6-5-11-47(49)48-27-26-45(31-50(48)52)54(51-13-7-9-42-8-3-4-10-46(42)51)44-24-20-41(21-25-44)39-16-14-38(15-17-39)40-18-22-43(23-19-40)53-32-35-28-36(33-53)30-37(29-35)34-53/h3-27,31,35-37H,28-30,32-34H2,1-2H3. The van der Waals surface area contributed by atoms with Crippen LogP contribution in [0, 0.1) is 17.8 Å². The molecule has 0 amide bonds. The second-order valence-electron chi connectivity index (χ2n) is 17.6. The fourth-order valence-electron chi connectivity index (χ4n) is 11.8. The van der Waals surface area contributed by atoms with Gasteiger partial charge >= 0.3 is 0 Å². The topological polar surface area (TPSA) is 3.24 Å². The van der Waals surface area contributed by atoms with Gasteiger partial charge in [-0.3, -0.25) is 0 Å². The van der Waals surface area contributed by atoms with Crippen LogP contribution in [0.15, 0.2) is 158 Å². The molecule has 7 aromatic carbocycles. The lowest BCUT2D eigenvalue weighted by molar-refractivity contribution is -0.00518. The molecule has 54 heavy (non-hydrogen) atoms. The van der Waals surface area contributed by atoms with Gasteiger partial charge < -0.3 is 4.90 Å². The molecule has 1 heteroatoms. The van der Waals surface area contributed by atoms with E-state index in [2.05, 4.69) is 176 Å². The number of rotatable bonds is 6. The fraction of sp³-hybridized carbons (Fsp3) is 0.245. The molecule has 4 saturated carbocycles. The highest BCUT2D eigenvalue weighted by Gasteiger charge is 2.51. The number of fused-ring (bicyclic) bond motifs is 4. The molecule has 0 radical (unpaired) electrons. The Hall–Kier alpha value is -5.40. The Labute approximate surface area is 320 Å². The summed E-state index contributed by atoms with van der Waals surface area (Å²) >= 11 is 0. The predicted molar refractivity (Wildman–Crippen MR) is 227 cm³/mol. The van der Waals surface area contributed by atoms with Crippen LogP contribution in [0.25, 0.3) is 44.2 Å². The number of nitrogens with zero attached hydrogens (tertiary/aromatic N) is 1. The van der Waals surface area contributed by atoms with Crippen molar-refractivity contribution >= 4 is 27.8 Å². The van der Waals surface area contributed by atoms with E-state index in [4.69, 9.17) is 0 Å². The lowest BCUT2D eigenvalue weighted by Crippen LogP contribution is -2.48. The van der Waals surface area contributed by atoms with Crippen molar-refractivity contribution in [2.24, 2.45) is 17.8 Å². The molecule has 5 aliphatic rings. The molecule has 5 aliphatic carbocycles. The van der Waals surface area contributed by atoms with Gasteiger partial charge in [0.25, 0.3) is 0 Å². The highest BCUT2D eigenvalue weighted by atomic mass is 15.1. The van der Waals surface area contributed by atoms with E-state index in [1.807, 2.05) is 0 Å². The van der Waals surface area contributed by atoms with E-state index in [-0.39, 0.29) is 5.41 Å². The van der Waals surface area contributed by atoms with Crippen molar-refractivity contribution in [2.45, 2.75) is 63.2 Å². The van der Waals surface area contributed by atoms with E-state index in [0.29, 0.717) is 5.41 Å². The largest absolute Gasteiger partial charge is 0.310 e. The first-order valence-electron chi connectivity index (χ1n) is 20.3. The highest BCUT2D eigenvalue weighted by Crippen LogP contribution is 2.61. The summed E-state index contributed by atoms with van der Waals surface area (Å²) in [5.74, 6) is 2.93. The maximum atomic E-state index is 2.47. The Kier molecular flexibility index (Phi) is 7.16. The van der Waals surface area contributed by atoms with Gasteiger partial charge in [0.05, 0.1) is 5.69 Å². The number of hydrogen-bond donors (Lipinski definition) is 0. The first-order valence-corrected chi connectivity index (χ1v) is 20.3. The quantitative estimate of drug-likeness (QED) is 0.167. The van der Waals surface area contributed by atoms with Crippen LogP contribution < -0.4 is 4.90 Å². The molecule has 0 heterocycles. The van der Waals surface area contributed by atoms with Crippen molar-refractivity contribution in [1.82, 2.24) is 0 Å². The van der Waals surface area contributed by atoms with E-state index >= 15 is 0 Å². The summed E-state index contributed by atoms with van der Waals surface area (Å²) < 4.78 is 0. The van der Waals surface area contributed by atoms with Gasteiger partial charge in [-0.15, -0.1) is 0 Å². The Bertz CT molecular complexity index is 2500. The van der Waals surface area contributed by atoms with Gasteiger partial charge in [-0.2, -0.15) is 0 Å². The Morgan fingerprint density at radius 1 is 0.463 bits per heavy atom. The van der Waals surface area contributed by atoms with E-state index < -0.39 is 0 Å². The summed E-state index contributed by atoms with van der Waals surface area (Å²) in [7, 11) is 0. The molecule has 264 valence electrons. The van der Waals surface area contributed by atoms with Gasteiger partial charge in [0.2, 0.25) is 0 Å². The SMILES string of the molecule is CC1(C)c2ccccc2-c2ccc(N(c3ccc(-c4ccc(-c5ccc(C67CC8CC(CC(C8)C6)C7)cc5)cc4)cc3)c3cccc4ccccc34)cc21. The normalized spacial score (nSPS) is 23.0. The highest BCUT2D eigenvalue weighted by molar-refractivity contribution is 5.99. The minimum Gasteiger partial charge on any atom is -0.310 e. The van der Waals surface area contributed by atoms with E-state index in [0.717, 1.165) is 23.4 Å². The summed E-state index contributed by atoms with van der Waals surface area (Å²) in [6.07, 6.45) is 8.76. The van der Waals surface area contributed by atoms with Crippen molar-refractivity contribution in [3.8, 4) is 33.4 Å². The molecule has 0 atom stereocenters. The van der Waals surface area contributed by atoms with Gasteiger partial charge in [0.1, 0.15) is 0 Å². The molecule has 0 unspecified atom stereocenters. The third-order valence-corrected chi connectivity index (χ3v) is 14.0. The third kappa shape index (κ3) is 5.04. The second kappa shape index (κ2) is 12.1. The Morgan fingerprint density at radius 2 is 0.981 bits per heavy atom. The van der Waals surface area contributed by atoms with Crippen molar-refractivity contribution in [3.05, 3.63) is 174 Å². The van der Waals surface area contributed by atoms with Crippen LogP contribution in [0.4, 0.5) is 17.1 Å². The zero-order valence-electron chi connectivity index (χ0n) is 31.4. The average molecular weight is 698 g/mol. The lowest BCUT2D eigenvalue weighted by Gasteiger charge is -2.57. The van der Waals surface area contributed by atoms with Gasteiger partial charge in [0.15, 0.2) is 0 Å². The van der Waals surface area contributed by atoms with Crippen LogP contribution in [-0.4, -0.2) is 0 Å². The first-order chi connectivity index (χ1) is 26.4. The predicted octanol–water partition coefficient (Wildman–Crippen LogP) is 14.4. The minimum atomic E-state index is -0.0706. The molecule has 12 rings (SSSR count). The van der Waals surface area contributed by atoms with Crippen molar-refractivity contribution in [1.29, 1.82) is 0 Å². The summed E-state index contributed by atoms with van der Waals surface area (Å²) in [6.45, 7) is 4.73.